The molecule has 0 atom stereocenters. The Balaban J connectivity index is 2.58. The quantitative estimate of drug-likeness (QED) is 0.855. The summed E-state index contributed by atoms with van der Waals surface area (Å²) in [7, 11) is 4.31. The lowest BCUT2D eigenvalue weighted by Crippen LogP contribution is -2.39. The molecular formula is C15H17N3O4. The molecule has 0 aliphatic carbocycles. The van der Waals surface area contributed by atoms with Crippen molar-refractivity contribution in [1.82, 2.24) is 9.13 Å². The van der Waals surface area contributed by atoms with E-state index in [1.807, 2.05) is 0 Å². The molecule has 7 heteroatoms. The molecule has 1 aromatic heterocycles. The fraction of sp³-hybridized carbons (Fsp3) is 0.267. The first-order valence-electron chi connectivity index (χ1n) is 6.55. The number of benzene rings is 1. The number of methoxy groups -OCH3 is 1. The second-order valence-electron chi connectivity index (χ2n) is 4.80. The number of aromatic nitrogens is 2. The second kappa shape index (κ2) is 5.88. The van der Waals surface area contributed by atoms with Gasteiger partial charge in [0, 0.05) is 14.1 Å². The molecule has 0 aliphatic rings. The van der Waals surface area contributed by atoms with E-state index >= 15 is 0 Å². The van der Waals surface area contributed by atoms with Crippen molar-refractivity contribution in [2.75, 3.05) is 7.11 Å². The fourth-order valence-electron chi connectivity index (χ4n) is 2.06. The van der Waals surface area contributed by atoms with Crippen molar-refractivity contribution < 1.29 is 9.84 Å². The average Bonchev–Trinajstić information content (AvgIpc) is 2.52. The van der Waals surface area contributed by atoms with Crippen LogP contribution in [0.3, 0.4) is 0 Å². The van der Waals surface area contributed by atoms with Gasteiger partial charge in [0.05, 0.1) is 18.5 Å². The van der Waals surface area contributed by atoms with E-state index in [-0.39, 0.29) is 5.56 Å². The smallest absolute Gasteiger partial charge is 0.333 e. The summed E-state index contributed by atoms with van der Waals surface area (Å²) in [6.07, 6.45) is 0. The number of hydrogen-bond donors (Lipinski definition) is 1. The average molecular weight is 303 g/mol. The molecule has 1 N–H and O–H groups in total. The highest BCUT2D eigenvalue weighted by molar-refractivity contribution is 6.01. The summed E-state index contributed by atoms with van der Waals surface area (Å²) < 4.78 is 7.00. The monoisotopic (exact) mass is 303 g/mol. The maximum absolute atomic E-state index is 12.2. The maximum Gasteiger partial charge on any atom is 0.333 e. The van der Waals surface area contributed by atoms with E-state index < -0.39 is 17.1 Å². The van der Waals surface area contributed by atoms with Crippen LogP contribution in [-0.2, 0) is 14.1 Å². The van der Waals surface area contributed by atoms with Crippen molar-refractivity contribution in [3.63, 3.8) is 0 Å². The van der Waals surface area contributed by atoms with Gasteiger partial charge in [-0.3, -0.25) is 18.9 Å². The Morgan fingerprint density at radius 2 is 1.73 bits per heavy atom. The lowest BCUT2D eigenvalue weighted by atomic mass is 10.2. The highest BCUT2D eigenvalue weighted by Gasteiger charge is 2.17. The molecule has 0 unspecified atom stereocenters. The molecular weight excluding hydrogens is 286 g/mol. The molecule has 0 fully saturated rings. The van der Waals surface area contributed by atoms with E-state index in [0.29, 0.717) is 17.1 Å². The van der Waals surface area contributed by atoms with Crippen molar-refractivity contribution in [2.45, 2.75) is 6.92 Å². The molecule has 0 amide bonds. The number of rotatable bonds is 3. The van der Waals surface area contributed by atoms with Gasteiger partial charge in [-0.05, 0) is 31.2 Å². The van der Waals surface area contributed by atoms with Crippen molar-refractivity contribution in [3.8, 4) is 11.6 Å². The zero-order chi connectivity index (χ0) is 16.4. The number of aromatic hydroxyl groups is 1. The third kappa shape index (κ3) is 2.65. The van der Waals surface area contributed by atoms with Gasteiger partial charge in [-0.2, -0.15) is 0 Å². The highest BCUT2D eigenvalue weighted by atomic mass is 16.5. The van der Waals surface area contributed by atoms with Gasteiger partial charge in [-0.1, -0.05) is 0 Å². The molecule has 0 saturated heterocycles. The lowest BCUT2D eigenvalue weighted by molar-refractivity contribution is 0.410. The Labute approximate surface area is 126 Å². The Bertz CT molecular complexity index is 845. The normalized spacial score (nSPS) is 11.5. The predicted octanol–water partition coefficient (Wildman–Crippen LogP) is 0.939. The summed E-state index contributed by atoms with van der Waals surface area (Å²) >= 11 is 0. The first-order valence-corrected chi connectivity index (χ1v) is 6.55. The summed E-state index contributed by atoms with van der Waals surface area (Å²) in [5.41, 5.74) is -0.258. The summed E-state index contributed by atoms with van der Waals surface area (Å²) in [6, 6.07) is 6.94. The predicted molar refractivity (Wildman–Crippen MR) is 83.5 cm³/mol. The maximum atomic E-state index is 12.2. The van der Waals surface area contributed by atoms with Gasteiger partial charge in [0.15, 0.2) is 0 Å². The second-order valence-corrected chi connectivity index (χ2v) is 4.80. The zero-order valence-electron chi connectivity index (χ0n) is 12.8. The van der Waals surface area contributed by atoms with Gasteiger partial charge in [0.25, 0.3) is 5.56 Å². The number of nitrogens with zero attached hydrogens (tertiary/aromatic N) is 3. The Morgan fingerprint density at radius 1 is 1.14 bits per heavy atom. The van der Waals surface area contributed by atoms with Crippen LogP contribution in [0.5, 0.6) is 11.6 Å². The molecule has 0 saturated carbocycles. The minimum absolute atomic E-state index is 0.000387. The summed E-state index contributed by atoms with van der Waals surface area (Å²) in [5, 5.41) is 10.1. The lowest BCUT2D eigenvalue weighted by Gasteiger charge is -2.10. The van der Waals surface area contributed by atoms with E-state index in [1.165, 1.54) is 14.1 Å². The fourth-order valence-corrected chi connectivity index (χ4v) is 2.06. The molecule has 2 rings (SSSR count). The minimum Gasteiger partial charge on any atom is -0.497 e. The number of ether oxygens (including phenoxy) is 1. The summed E-state index contributed by atoms with van der Waals surface area (Å²) in [6.45, 7) is 1.60. The minimum atomic E-state index is -0.594. The van der Waals surface area contributed by atoms with Crippen LogP contribution in [0.25, 0.3) is 0 Å². The van der Waals surface area contributed by atoms with Gasteiger partial charge < -0.3 is 9.84 Å². The van der Waals surface area contributed by atoms with Crippen molar-refractivity contribution in [1.29, 1.82) is 0 Å². The van der Waals surface area contributed by atoms with Crippen molar-refractivity contribution >= 4 is 11.4 Å². The van der Waals surface area contributed by atoms with Crippen LogP contribution >= 0.6 is 0 Å². The molecule has 22 heavy (non-hydrogen) atoms. The van der Waals surface area contributed by atoms with Crippen molar-refractivity contribution in [2.24, 2.45) is 19.1 Å². The van der Waals surface area contributed by atoms with Gasteiger partial charge in [0.2, 0.25) is 5.88 Å². The molecule has 116 valence electrons. The van der Waals surface area contributed by atoms with Crippen LogP contribution in [0.15, 0.2) is 38.8 Å². The molecule has 1 heterocycles. The summed E-state index contributed by atoms with van der Waals surface area (Å²) in [5.74, 6) is 0.292. The molecule has 2 aromatic rings. The van der Waals surface area contributed by atoms with E-state index in [0.717, 1.165) is 9.13 Å². The zero-order valence-corrected chi connectivity index (χ0v) is 12.8. The first-order chi connectivity index (χ1) is 10.4. The van der Waals surface area contributed by atoms with Crippen LogP contribution in [0.2, 0.25) is 0 Å². The van der Waals surface area contributed by atoms with Crippen LogP contribution in [0.4, 0.5) is 5.69 Å². The first kappa shape index (κ1) is 15.6. The third-order valence-corrected chi connectivity index (χ3v) is 3.36. The third-order valence-electron chi connectivity index (χ3n) is 3.36. The SMILES string of the molecule is COc1ccc(N=C(C)c2c(O)n(C)c(=O)n(C)c2=O)cc1. The van der Waals surface area contributed by atoms with Gasteiger partial charge in [0.1, 0.15) is 11.3 Å². The van der Waals surface area contributed by atoms with Crippen LogP contribution in [0.1, 0.15) is 12.5 Å². The van der Waals surface area contributed by atoms with E-state index in [1.54, 1.807) is 38.3 Å². The molecule has 1 aromatic carbocycles. The van der Waals surface area contributed by atoms with E-state index in [9.17, 15) is 14.7 Å². The van der Waals surface area contributed by atoms with Crippen molar-refractivity contribution in [3.05, 3.63) is 50.7 Å². The topological polar surface area (TPSA) is 85.8 Å². The standard InChI is InChI=1S/C15H17N3O4/c1-9(16-10-5-7-11(22-4)8-6-10)12-13(19)17(2)15(21)18(3)14(12)20/h5-8,19H,1-4H3. The van der Waals surface area contributed by atoms with Crippen LogP contribution in [0, 0.1) is 0 Å². The molecule has 0 radical (unpaired) electrons. The molecule has 7 nitrogen and oxygen atoms in total. The number of aliphatic imine (C=N–C) groups is 1. The van der Waals surface area contributed by atoms with E-state index in [2.05, 4.69) is 4.99 Å². The van der Waals surface area contributed by atoms with Crippen LogP contribution in [-0.4, -0.2) is 27.1 Å². The Morgan fingerprint density at radius 3 is 2.27 bits per heavy atom. The largest absolute Gasteiger partial charge is 0.497 e. The van der Waals surface area contributed by atoms with Crippen LogP contribution < -0.4 is 16.0 Å². The molecule has 0 aliphatic heterocycles. The Hall–Kier alpha value is -2.83. The highest BCUT2D eigenvalue weighted by Crippen LogP contribution is 2.20. The summed E-state index contributed by atoms with van der Waals surface area (Å²) in [4.78, 5) is 28.2. The van der Waals surface area contributed by atoms with Gasteiger partial charge in [-0.25, -0.2) is 4.79 Å². The number of hydrogen-bond acceptors (Lipinski definition) is 5. The van der Waals surface area contributed by atoms with E-state index in [4.69, 9.17) is 4.74 Å². The molecule has 0 spiro atoms. The molecule has 0 bridgehead atoms. The van der Waals surface area contributed by atoms with Gasteiger partial charge >= 0.3 is 5.69 Å². The van der Waals surface area contributed by atoms with Gasteiger partial charge in [-0.15, -0.1) is 0 Å². The Kier molecular flexibility index (Phi) is 4.16.